The van der Waals surface area contributed by atoms with Crippen LogP contribution in [0.5, 0.6) is 0 Å². The van der Waals surface area contributed by atoms with Gasteiger partial charge in [-0.25, -0.2) is 9.97 Å². The van der Waals surface area contributed by atoms with Gasteiger partial charge in [-0.15, -0.1) is 23.7 Å². The molecule has 2 aliphatic carbocycles. The molecule has 2 unspecified atom stereocenters. The summed E-state index contributed by atoms with van der Waals surface area (Å²) < 4.78 is 5.33. The Morgan fingerprint density at radius 3 is 2.62 bits per heavy atom. The summed E-state index contributed by atoms with van der Waals surface area (Å²) in [6.45, 7) is 11.7. The maximum Gasteiger partial charge on any atom is 0.224 e. The van der Waals surface area contributed by atoms with E-state index < -0.39 is 6.10 Å². The zero-order valence-corrected chi connectivity index (χ0v) is 24.8. The highest BCUT2D eigenvalue weighted by molar-refractivity contribution is 7.15. The number of nitrogens with zero attached hydrogens (tertiary/aromatic N) is 4. The van der Waals surface area contributed by atoms with Crippen LogP contribution in [0.3, 0.4) is 0 Å². The second-order valence-electron chi connectivity index (χ2n) is 10.3. The van der Waals surface area contributed by atoms with Crippen LogP contribution >= 0.6 is 11.3 Å². The summed E-state index contributed by atoms with van der Waals surface area (Å²) in [4.78, 5) is 20.3. The van der Waals surface area contributed by atoms with Crippen LogP contribution in [0.1, 0.15) is 69.1 Å². The van der Waals surface area contributed by atoms with Gasteiger partial charge in [0.25, 0.3) is 0 Å². The number of nitrogens with one attached hydrogen (secondary N) is 2. The molecule has 0 radical (unpaired) electrons. The molecule has 4 rings (SSSR count). The van der Waals surface area contributed by atoms with Crippen LogP contribution < -0.4 is 10.6 Å². The highest BCUT2D eigenvalue weighted by Gasteiger charge is 2.33. The number of aliphatic hydroxyl groups is 2. The van der Waals surface area contributed by atoms with Gasteiger partial charge in [-0.1, -0.05) is 0 Å². The number of aliphatic hydroxyl groups excluding tert-OH is 2. The molecule has 0 aromatic carbocycles. The molecule has 2 aliphatic rings. The largest absolute Gasteiger partial charge is 0.396 e. The van der Waals surface area contributed by atoms with Crippen LogP contribution in [0.2, 0.25) is 0 Å². The topological polar surface area (TPSA) is 125 Å². The molecule has 214 valence electrons. The molecule has 0 saturated heterocycles. The highest BCUT2D eigenvalue weighted by atomic mass is 32.1. The van der Waals surface area contributed by atoms with Crippen molar-refractivity contribution in [3.63, 3.8) is 0 Å². The minimum atomic E-state index is -0.507. The number of thiazole rings is 1. The summed E-state index contributed by atoms with van der Waals surface area (Å²) in [7, 11) is 0. The van der Waals surface area contributed by atoms with Gasteiger partial charge < -0.3 is 25.6 Å². The maximum atomic E-state index is 10.3. The van der Waals surface area contributed by atoms with Gasteiger partial charge in [0.2, 0.25) is 5.95 Å². The molecule has 2 heterocycles. The van der Waals surface area contributed by atoms with Crippen LogP contribution in [-0.4, -0.2) is 69.5 Å². The monoisotopic (exact) mass is 556 g/mol. The van der Waals surface area contributed by atoms with E-state index in [4.69, 9.17) is 19.7 Å². The Morgan fingerprint density at radius 1 is 1.23 bits per heavy atom. The maximum absolute atomic E-state index is 10.3. The molecule has 39 heavy (non-hydrogen) atoms. The predicted molar refractivity (Wildman–Crippen MR) is 159 cm³/mol. The Balaban J connectivity index is 0.00000134. The van der Waals surface area contributed by atoms with E-state index >= 15 is 0 Å². The Bertz CT molecular complexity index is 1140. The Hall–Kier alpha value is -2.58. The van der Waals surface area contributed by atoms with Gasteiger partial charge in [-0.3, -0.25) is 4.99 Å². The number of anilines is 2. The van der Waals surface area contributed by atoms with E-state index in [1.165, 1.54) is 17.7 Å². The molecule has 0 amide bonds. The lowest BCUT2D eigenvalue weighted by Gasteiger charge is -2.18. The van der Waals surface area contributed by atoms with Crippen LogP contribution in [-0.2, 0) is 11.2 Å². The number of aryl methyl sites for hydroxylation is 3. The number of hydrogen-bond donors (Lipinski definition) is 4. The van der Waals surface area contributed by atoms with E-state index in [-0.39, 0.29) is 18.6 Å². The average Bonchev–Trinajstić information content (AvgIpc) is 3.56. The van der Waals surface area contributed by atoms with Gasteiger partial charge in [-0.05, 0) is 79.1 Å². The second kappa shape index (κ2) is 15.3. The van der Waals surface area contributed by atoms with Gasteiger partial charge in [0.1, 0.15) is 17.6 Å². The molecule has 2 saturated carbocycles. The molecule has 2 aromatic rings. The van der Waals surface area contributed by atoms with Crippen LogP contribution in [0.4, 0.5) is 11.8 Å². The standard InChI is InChI=1S/C26H40N6O3S.C3H4/c1-5-35-14-28-15(2)6-9-21-17(4)36-25(31-21)23-16(3)29-26(27-12-18-7-8-18)32-24(23)30-20-10-19(13-33)22(34)11-20;1-3-2/h18-20,22,33-34H,5-14H2,1-4H3,(H2,27,29,30,32);1H,2H3/b28-15-;/t19?,20?,22-;/m0./s1. The predicted octanol–water partition coefficient (Wildman–Crippen LogP) is 4.61. The fourth-order valence-corrected chi connectivity index (χ4v) is 5.63. The summed E-state index contributed by atoms with van der Waals surface area (Å²) in [6.07, 6.45) is 9.55. The first-order valence-corrected chi connectivity index (χ1v) is 14.7. The number of aromatic nitrogens is 3. The highest BCUT2D eigenvalue weighted by Crippen LogP contribution is 2.37. The molecule has 4 N–H and O–H groups in total. The van der Waals surface area contributed by atoms with Crippen molar-refractivity contribution in [2.24, 2.45) is 16.8 Å². The Morgan fingerprint density at radius 2 is 1.97 bits per heavy atom. The lowest BCUT2D eigenvalue weighted by atomic mass is 10.1. The first-order valence-electron chi connectivity index (χ1n) is 13.9. The molecule has 0 bridgehead atoms. The van der Waals surface area contributed by atoms with Gasteiger partial charge in [0.05, 0.1) is 23.1 Å². The summed E-state index contributed by atoms with van der Waals surface area (Å²) >= 11 is 1.66. The van der Waals surface area contributed by atoms with Crippen LogP contribution in [0, 0.1) is 38.0 Å². The third kappa shape index (κ3) is 9.24. The molecule has 2 aromatic heterocycles. The number of terminal acetylenes is 1. The normalized spacial score (nSPS) is 20.8. The number of aliphatic imine (C=N–C) groups is 1. The van der Waals surface area contributed by atoms with Gasteiger partial charge in [0, 0.05) is 42.3 Å². The zero-order valence-electron chi connectivity index (χ0n) is 24.0. The smallest absolute Gasteiger partial charge is 0.224 e. The fraction of sp³-hybridized carbons (Fsp3) is 0.655. The van der Waals surface area contributed by atoms with Crippen molar-refractivity contribution >= 4 is 28.8 Å². The van der Waals surface area contributed by atoms with E-state index in [2.05, 4.69) is 34.9 Å². The molecule has 10 heteroatoms. The number of rotatable bonds is 13. The third-order valence-electron chi connectivity index (χ3n) is 7.03. The summed E-state index contributed by atoms with van der Waals surface area (Å²) in [6, 6.07) is 0.0335. The van der Waals surface area contributed by atoms with E-state index in [1.54, 1.807) is 18.3 Å². The van der Waals surface area contributed by atoms with Gasteiger partial charge >= 0.3 is 0 Å². The van der Waals surface area contributed by atoms with Crippen molar-refractivity contribution in [2.45, 2.75) is 85.3 Å². The first-order chi connectivity index (χ1) is 18.8. The fourth-order valence-electron chi connectivity index (χ4n) is 4.57. The number of hydrogen-bond acceptors (Lipinski definition) is 10. The molecular weight excluding hydrogens is 512 g/mol. The third-order valence-corrected chi connectivity index (χ3v) is 8.06. The van der Waals surface area contributed by atoms with E-state index in [9.17, 15) is 10.2 Å². The SMILES string of the molecule is C#CC.CCOC/N=C(/C)CCc1nc(-c2c(C)nc(NCC3CC3)nc2NC2CC(CO)[C@@H](O)C2)sc1C. The molecule has 3 atom stereocenters. The molecule has 9 nitrogen and oxygen atoms in total. The quantitative estimate of drug-likeness (QED) is 0.160. The molecule has 0 spiro atoms. The lowest BCUT2D eigenvalue weighted by Crippen LogP contribution is -2.19. The second-order valence-corrected chi connectivity index (χ2v) is 11.5. The van der Waals surface area contributed by atoms with Crippen LogP contribution in [0.15, 0.2) is 4.99 Å². The molecule has 2 fully saturated rings. The Kier molecular flexibility index (Phi) is 12.1. The Labute approximate surface area is 237 Å². The van der Waals surface area contributed by atoms with Crippen molar-refractivity contribution < 1.29 is 14.9 Å². The summed E-state index contributed by atoms with van der Waals surface area (Å²) in [5.74, 6) is 4.22. The van der Waals surface area contributed by atoms with E-state index in [0.717, 1.165) is 52.9 Å². The van der Waals surface area contributed by atoms with Crippen molar-refractivity contribution in [2.75, 3.05) is 37.1 Å². The zero-order chi connectivity index (χ0) is 28.4. The van der Waals surface area contributed by atoms with E-state index in [1.807, 2.05) is 20.8 Å². The van der Waals surface area contributed by atoms with Crippen molar-refractivity contribution in [1.82, 2.24) is 15.0 Å². The van der Waals surface area contributed by atoms with Crippen molar-refractivity contribution in [3.05, 3.63) is 16.3 Å². The van der Waals surface area contributed by atoms with Crippen LogP contribution in [0.25, 0.3) is 10.6 Å². The van der Waals surface area contributed by atoms with Crippen molar-refractivity contribution in [1.29, 1.82) is 0 Å². The van der Waals surface area contributed by atoms with Gasteiger partial charge in [0.15, 0.2) is 0 Å². The van der Waals surface area contributed by atoms with Crippen molar-refractivity contribution in [3.8, 4) is 22.9 Å². The minimum absolute atomic E-state index is 0.00841. The molecule has 0 aliphatic heterocycles. The first kappa shape index (κ1) is 31.0. The molecular formula is C29H44N6O3S. The lowest BCUT2D eigenvalue weighted by molar-refractivity contribution is 0.0908. The van der Waals surface area contributed by atoms with Gasteiger partial charge in [-0.2, -0.15) is 4.98 Å². The summed E-state index contributed by atoms with van der Waals surface area (Å²) in [5.41, 5.74) is 3.91. The average molecular weight is 557 g/mol. The van der Waals surface area contributed by atoms with E-state index in [0.29, 0.717) is 38.0 Å². The minimum Gasteiger partial charge on any atom is -0.396 e. The summed E-state index contributed by atoms with van der Waals surface area (Å²) in [5, 5.41) is 27.8. The number of ether oxygens (including phenoxy) is 1.